The molecule has 2 aromatic carbocycles. The third-order valence-corrected chi connectivity index (χ3v) is 3.77. The predicted octanol–water partition coefficient (Wildman–Crippen LogP) is 4.86. The Bertz CT molecular complexity index is 1050. The third-order valence-electron chi connectivity index (χ3n) is 3.77. The Hall–Kier alpha value is -4.13. The molecule has 7 heteroatoms. The van der Waals surface area contributed by atoms with E-state index in [-0.39, 0.29) is 11.7 Å². The predicted molar refractivity (Wildman–Crippen MR) is 105 cm³/mol. The van der Waals surface area contributed by atoms with Crippen LogP contribution in [0.25, 0.3) is 0 Å². The monoisotopic (exact) mass is 372 g/mol. The lowest BCUT2D eigenvalue weighted by atomic mass is 10.3. The van der Waals surface area contributed by atoms with E-state index in [1.165, 1.54) is 6.26 Å². The Morgan fingerprint density at radius 3 is 2.32 bits per heavy atom. The van der Waals surface area contributed by atoms with Crippen LogP contribution in [-0.4, -0.2) is 16.1 Å². The van der Waals surface area contributed by atoms with Crippen LogP contribution in [0, 0.1) is 0 Å². The normalized spacial score (nSPS) is 10.3. The molecule has 2 aromatic heterocycles. The number of ether oxygens (including phenoxy) is 1. The molecular weight excluding hydrogens is 356 g/mol. The van der Waals surface area contributed by atoms with Crippen LogP contribution in [-0.2, 0) is 0 Å². The van der Waals surface area contributed by atoms with Crippen molar-refractivity contribution < 1.29 is 13.9 Å². The molecule has 0 saturated heterocycles. The van der Waals surface area contributed by atoms with Gasteiger partial charge in [0.15, 0.2) is 23.1 Å². The van der Waals surface area contributed by atoms with Crippen LogP contribution in [0.3, 0.4) is 0 Å². The number of furan rings is 1. The standard InChI is InChI=1S/C21H16N4O3/c26-21(18-11-6-14-27-18)23-20-13-12-19(24-25-20)22-16-9-4-5-10-17(16)28-15-7-2-1-3-8-15/h1-14H,(H,22,24)(H,23,25,26). The van der Waals surface area contributed by atoms with Crippen molar-refractivity contribution in [2.45, 2.75) is 0 Å². The summed E-state index contributed by atoms with van der Waals surface area (Å²) in [5.74, 6) is 2.04. The van der Waals surface area contributed by atoms with E-state index < -0.39 is 0 Å². The Kier molecular flexibility index (Phi) is 4.97. The summed E-state index contributed by atoms with van der Waals surface area (Å²) >= 11 is 0. The molecule has 0 aliphatic carbocycles. The molecule has 28 heavy (non-hydrogen) atoms. The van der Waals surface area contributed by atoms with Crippen molar-refractivity contribution in [2.75, 3.05) is 10.6 Å². The molecule has 2 N–H and O–H groups in total. The highest BCUT2D eigenvalue weighted by Crippen LogP contribution is 2.30. The quantitative estimate of drug-likeness (QED) is 0.502. The van der Waals surface area contributed by atoms with Gasteiger partial charge in [0.25, 0.3) is 5.91 Å². The molecule has 4 rings (SSSR count). The zero-order valence-electron chi connectivity index (χ0n) is 14.7. The zero-order valence-corrected chi connectivity index (χ0v) is 14.7. The van der Waals surface area contributed by atoms with Gasteiger partial charge in [0.05, 0.1) is 12.0 Å². The Morgan fingerprint density at radius 2 is 1.57 bits per heavy atom. The number of anilines is 3. The number of hydrogen-bond acceptors (Lipinski definition) is 6. The molecule has 0 aliphatic rings. The lowest BCUT2D eigenvalue weighted by Gasteiger charge is -2.12. The van der Waals surface area contributed by atoms with E-state index in [1.54, 1.807) is 24.3 Å². The van der Waals surface area contributed by atoms with Crippen LogP contribution in [0.1, 0.15) is 10.6 Å². The van der Waals surface area contributed by atoms with Crippen molar-refractivity contribution in [3.8, 4) is 11.5 Å². The van der Waals surface area contributed by atoms with Gasteiger partial charge in [0.1, 0.15) is 5.75 Å². The van der Waals surface area contributed by atoms with Crippen molar-refractivity contribution in [3.63, 3.8) is 0 Å². The Morgan fingerprint density at radius 1 is 0.821 bits per heavy atom. The second kappa shape index (κ2) is 8.05. The minimum Gasteiger partial charge on any atom is -0.459 e. The molecule has 7 nitrogen and oxygen atoms in total. The highest BCUT2D eigenvalue weighted by Gasteiger charge is 2.10. The molecule has 0 aliphatic heterocycles. The first-order valence-corrected chi connectivity index (χ1v) is 8.55. The molecule has 0 spiro atoms. The minimum absolute atomic E-state index is 0.205. The van der Waals surface area contributed by atoms with Crippen molar-refractivity contribution >= 4 is 23.2 Å². The summed E-state index contributed by atoms with van der Waals surface area (Å²) in [4.78, 5) is 12.0. The minimum atomic E-state index is -0.387. The molecular formula is C21H16N4O3. The summed E-state index contributed by atoms with van der Waals surface area (Å²) in [5.41, 5.74) is 0.744. The Labute approximate surface area is 161 Å². The first-order valence-electron chi connectivity index (χ1n) is 8.55. The molecule has 0 bridgehead atoms. The van der Waals surface area contributed by atoms with E-state index in [4.69, 9.17) is 9.15 Å². The van der Waals surface area contributed by atoms with E-state index in [9.17, 15) is 4.79 Å². The number of rotatable bonds is 6. The molecule has 138 valence electrons. The SMILES string of the molecule is O=C(Nc1ccc(Nc2ccccc2Oc2ccccc2)nn1)c1ccco1. The molecule has 0 fully saturated rings. The van der Waals surface area contributed by atoms with Gasteiger partial charge in [0, 0.05) is 0 Å². The highest BCUT2D eigenvalue weighted by molar-refractivity contribution is 6.01. The number of amides is 1. The van der Waals surface area contributed by atoms with Crippen LogP contribution in [0.2, 0.25) is 0 Å². The summed E-state index contributed by atoms with van der Waals surface area (Å²) in [6.07, 6.45) is 1.43. The summed E-state index contributed by atoms with van der Waals surface area (Å²) in [7, 11) is 0. The summed E-state index contributed by atoms with van der Waals surface area (Å²) in [5, 5.41) is 13.9. The number of nitrogens with one attached hydrogen (secondary N) is 2. The van der Waals surface area contributed by atoms with E-state index in [2.05, 4.69) is 20.8 Å². The molecule has 1 amide bonds. The number of hydrogen-bond donors (Lipinski definition) is 2. The molecule has 4 aromatic rings. The number of aromatic nitrogens is 2. The number of carbonyl (C=O) groups excluding carboxylic acids is 1. The number of para-hydroxylation sites is 3. The van der Waals surface area contributed by atoms with Crippen molar-refractivity contribution in [1.29, 1.82) is 0 Å². The maximum absolute atomic E-state index is 12.0. The smallest absolute Gasteiger partial charge is 0.292 e. The van der Waals surface area contributed by atoms with Gasteiger partial charge in [-0.15, -0.1) is 10.2 Å². The van der Waals surface area contributed by atoms with Gasteiger partial charge >= 0.3 is 0 Å². The van der Waals surface area contributed by atoms with Crippen LogP contribution >= 0.6 is 0 Å². The molecule has 0 radical (unpaired) electrons. The summed E-state index contributed by atoms with van der Waals surface area (Å²) < 4.78 is 11.0. The fourth-order valence-electron chi connectivity index (χ4n) is 2.46. The van der Waals surface area contributed by atoms with Crippen LogP contribution in [0.15, 0.2) is 89.5 Å². The van der Waals surface area contributed by atoms with Crippen LogP contribution in [0.5, 0.6) is 11.5 Å². The van der Waals surface area contributed by atoms with Crippen LogP contribution in [0.4, 0.5) is 17.3 Å². The fourth-order valence-corrected chi connectivity index (χ4v) is 2.46. The fraction of sp³-hybridized carbons (Fsp3) is 0. The summed E-state index contributed by atoms with van der Waals surface area (Å²) in [6, 6.07) is 23.6. The molecule has 0 saturated carbocycles. The lowest BCUT2D eigenvalue weighted by Crippen LogP contribution is -2.12. The van der Waals surface area contributed by atoms with Gasteiger partial charge in [-0.25, -0.2) is 0 Å². The molecule has 0 unspecified atom stereocenters. The van der Waals surface area contributed by atoms with Gasteiger partial charge in [-0.2, -0.15) is 0 Å². The zero-order chi connectivity index (χ0) is 19.2. The maximum Gasteiger partial charge on any atom is 0.292 e. The largest absolute Gasteiger partial charge is 0.459 e. The van der Waals surface area contributed by atoms with Crippen LogP contribution < -0.4 is 15.4 Å². The molecule has 2 heterocycles. The topological polar surface area (TPSA) is 89.3 Å². The van der Waals surface area contributed by atoms with Crippen molar-refractivity contribution in [2.24, 2.45) is 0 Å². The molecule has 0 atom stereocenters. The first kappa shape index (κ1) is 17.3. The Balaban J connectivity index is 1.45. The van der Waals surface area contributed by atoms with Gasteiger partial charge in [-0.05, 0) is 48.5 Å². The van der Waals surface area contributed by atoms with E-state index in [0.29, 0.717) is 17.4 Å². The number of benzene rings is 2. The second-order valence-electron chi connectivity index (χ2n) is 5.77. The third kappa shape index (κ3) is 4.16. The number of nitrogens with zero attached hydrogens (tertiary/aromatic N) is 2. The van der Waals surface area contributed by atoms with E-state index >= 15 is 0 Å². The number of carbonyl (C=O) groups is 1. The van der Waals surface area contributed by atoms with E-state index in [1.807, 2.05) is 54.6 Å². The average molecular weight is 372 g/mol. The second-order valence-corrected chi connectivity index (χ2v) is 5.77. The maximum atomic E-state index is 12.0. The average Bonchev–Trinajstić information content (AvgIpc) is 3.27. The van der Waals surface area contributed by atoms with Crippen molar-refractivity contribution in [1.82, 2.24) is 10.2 Å². The van der Waals surface area contributed by atoms with Gasteiger partial charge in [-0.3, -0.25) is 4.79 Å². The van der Waals surface area contributed by atoms with E-state index in [0.717, 1.165) is 11.4 Å². The lowest BCUT2D eigenvalue weighted by molar-refractivity contribution is 0.0996. The van der Waals surface area contributed by atoms with Gasteiger partial charge in [-0.1, -0.05) is 30.3 Å². The van der Waals surface area contributed by atoms with Crippen molar-refractivity contribution in [3.05, 3.63) is 90.9 Å². The first-order chi connectivity index (χ1) is 13.8. The van der Waals surface area contributed by atoms with Gasteiger partial charge < -0.3 is 19.8 Å². The highest BCUT2D eigenvalue weighted by atomic mass is 16.5. The van der Waals surface area contributed by atoms with Gasteiger partial charge in [0.2, 0.25) is 0 Å². The summed E-state index contributed by atoms with van der Waals surface area (Å²) in [6.45, 7) is 0.